The first-order valence-corrected chi connectivity index (χ1v) is 9.18. The molecule has 3 heteroatoms. The van der Waals surface area contributed by atoms with Crippen LogP contribution in [-0.4, -0.2) is 37.1 Å². The maximum Gasteiger partial charge on any atom is 0.0656 e. The summed E-state index contributed by atoms with van der Waals surface area (Å²) in [6, 6.07) is 14.1. The Labute approximate surface area is 139 Å². The predicted octanol–water partition coefficient (Wildman–Crippen LogP) is 3.15. The van der Waals surface area contributed by atoms with Gasteiger partial charge in [0, 0.05) is 31.0 Å². The van der Waals surface area contributed by atoms with Crippen molar-refractivity contribution in [2.75, 3.05) is 26.2 Å². The van der Waals surface area contributed by atoms with Gasteiger partial charge >= 0.3 is 0 Å². The third kappa shape index (κ3) is 3.59. The Hall–Kier alpha value is -1.37. The van der Waals surface area contributed by atoms with Crippen LogP contribution in [0.4, 0.5) is 0 Å². The largest absolute Gasteiger partial charge is 0.313 e. The minimum atomic E-state index is 0.303. The summed E-state index contributed by atoms with van der Waals surface area (Å²) in [4.78, 5) is 2.60. The fraction of sp³-hybridized carbons (Fsp3) is 0.650. The molecule has 2 unspecified atom stereocenters. The Morgan fingerprint density at radius 1 is 1.17 bits per heavy atom. The summed E-state index contributed by atoms with van der Waals surface area (Å²) in [6.07, 6.45) is 6.19. The van der Waals surface area contributed by atoms with E-state index in [0.717, 1.165) is 31.8 Å². The van der Waals surface area contributed by atoms with E-state index in [-0.39, 0.29) is 0 Å². The van der Waals surface area contributed by atoms with Gasteiger partial charge in [0.05, 0.1) is 6.07 Å². The van der Waals surface area contributed by atoms with Gasteiger partial charge in [0.15, 0.2) is 0 Å². The smallest absolute Gasteiger partial charge is 0.0656 e. The molecule has 0 spiro atoms. The van der Waals surface area contributed by atoms with Crippen LogP contribution in [0.2, 0.25) is 0 Å². The SMILES string of the molecule is N#CC1CCN(CC2(CNC3CC3c3ccccc3)CC2)CC1. The van der Waals surface area contributed by atoms with Crippen LogP contribution in [0.15, 0.2) is 30.3 Å². The molecular weight excluding hydrogens is 282 g/mol. The van der Waals surface area contributed by atoms with E-state index in [0.29, 0.717) is 17.4 Å². The first-order chi connectivity index (χ1) is 11.3. The molecule has 0 radical (unpaired) electrons. The Morgan fingerprint density at radius 3 is 2.57 bits per heavy atom. The summed E-state index contributed by atoms with van der Waals surface area (Å²) in [7, 11) is 0. The fourth-order valence-electron chi connectivity index (χ4n) is 4.10. The molecule has 1 aliphatic heterocycles. The molecule has 1 heterocycles. The molecule has 0 amide bonds. The van der Waals surface area contributed by atoms with Gasteiger partial charge in [0.25, 0.3) is 0 Å². The summed E-state index contributed by atoms with van der Waals surface area (Å²) in [5.41, 5.74) is 2.02. The molecule has 4 rings (SSSR count). The van der Waals surface area contributed by atoms with Crippen molar-refractivity contribution in [3.63, 3.8) is 0 Å². The van der Waals surface area contributed by atoms with E-state index in [1.54, 1.807) is 0 Å². The van der Waals surface area contributed by atoms with E-state index >= 15 is 0 Å². The molecule has 1 saturated heterocycles. The van der Waals surface area contributed by atoms with Crippen molar-refractivity contribution in [3.05, 3.63) is 35.9 Å². The van der Waals surface area contributed by atoms with Crippen LogP contribution in [0.25, 0.3) is 0 Å². The average Bonchev–Trinajstić information content (AvgIpc) is 3.51. The number of hydrogen-bond acceptors (Lipinski definition) is 3. The summed E-state index contributed by atoms with van der Waals surface area (Å²) in [5.74, 6) is 1.04. The van der Waals surface area contributed by atoms with Crippen LogP contribution in [0.1, 0.15) is 43.6 Å². The van der Waals surface area contributed by atoms with E-state index in [1.807, 2.05) is 0 Å². The highest BCUT2D eigenvalue weighted by Gasteiger charge is 2.46. The Morgan fingerprint density at radius 2 is 1.91 bits per heavy atom. The van der Waals surface area contributed by atoms with Crippen LogP contribution in [-0.2, 0) is 0 Å². The quantitative estimate of drug-likeness (QED) is 0.877. The monoisotopic (exact) mass is 309 g/mol. The van der Waals surface area contributed by atoms with Gasteiger partial charge in [-0.05, 0) is 56.2 Å². The zero-order chi connectivity index (χ0) is 15.7. The van der Waals surface area contributed by atoms with Crippen molar-refractivity contribution in [1.82, 2.24) is 10.2 Å². The van der Waals surface area contributed by atoms with Crippen molar-refractivity contribution < 1.29 is 0 Å². The first kappa shape index (κ1) is 15.2. The normalized spacial score (nSPS) is 29.9. The summed E-state index contributed by atoms with van der Waals surface area (Å²) >= 11 is 0. The second kappa shape index (κ2) is 6.26. The highest BCUT2D eigenvalue weighted by atomic mass is 15.1. The lowest BCUT2D eigenvalue weighted by Crippen LogP contribution is -2.41. The van der Waals surface area contributed by atoms with Gasteiger partial charge < -0.3 is 10.2 Å². The number of rotatable bonds is 6. The highest BCUT2D eigenvalue weighted by molar-refractivity contribution is 5.27. The molecule has 2 atom stereocenters. The second-order valence-electron chi connectivity index (χ2n) is 7.92. The molecule has 1 aromatic carbocycles. The molecule has 23 heavy (non-hydrogen) atoms. The third-order valence-electron chi connectivity index (χ3n) is 6.04. The molecule has 2 aliphatic carbocycles. The fourth-order valence-corrected chi connectivity index (χ4v) is 4.10. The van der Waals surface area contributed by atoms with Gasteiger partial charge in [0.1, 0.15) is 0 Å². The summed E-state index contributed by atoms with van der Waals surface area (Å²) in [5, 5.41) is 12.9. The molecule has 0 bridgehead atoms. The van der Waals surface area contributed by atoms with Crippen LogP contribution in [0.5, 0.6) is 0 Å². The second-order valence-corrected chi connectivity index (χ2v) is 7.92. The number of benzene rings is 1. The summed E-state index contributed by atoms with van der Waals surface area (Å²) < 4.78 is 0. The molecule has 3 aliphatic rings. The summed E-state index contributed by atoms with van der Waals surface area (Å²) in [6.45, 7) is 4.66. The molecule has 1 N–H and O–H groups in total. The van der Waals surface area contributed by atoms with Crippen molar-refractivity contribution in [3.8, 4) is 6.07 Å². The number of nitrogens with one attached hydrogen (secondary N) is 1. The van der Waals surface area contributed by atoms with Gasteiger partial charge in [-0.2, -0.15) is 5.26 Å². The van der Waals surface area contributed by atoms with Crippen molar-refractivity contribution >= 4 is 0 Å². The minimum Gasteiger partial charge on any atom is -0.313 e. The van der Waals surface area contributed by atoms with E-state index in [4.69, 9.17) is 5.26 Å². The zero-order valence-corrected chi connectivity index (χ0v) is 13.9. The van der Waals surface area contributed by atoms with Gasteiger partial charge in [-0.25, -0.2) is 0 Å². The molecular formula is C20H27N3. The molecule has 122 valence electrons. The maximum absolute atomic E-state index is 9.01. The third-order valence-corrected chi connectivity index (χ3v) is 6.04. The molecule has 3 nitrogen and oxygen atoms in total. The van der Waals surface area contributed by atoms with Crippen molar-refractivity contribution in [2.45, 2.75) is 44.1 Å². The lowest BCUT2D eigenvalue weighted by Gasteiger charge is -2.32. The van der Waals surface area contributed by atoms with Gasteiger partial charge in [-0.15, -0.1) is 0 Å². The Bertz CT molecular complexity index is 564. The van der Waals surface area contributed by atoms with Gasteiger partial charge in [-0.3, -0.25) is 0 Å². The van der Waals surface area contributed by atoms with E-state index < -0.39 is 0 Å². The maximum atomic E-state index is 9.01. The van der Waals surface area contributed by atoms with Crippen molar-refractivity contribution in [1.29, 1.82) is 5.26 Å². The van der Waals surface area contributed by atoms with Gasteiger partial charge in [0.2, 0.25) is 0 Å². The van der Waals surface area contributed by atoms with Gasteiger partial charge in [-0.1, -0.05) is 30.3 Å². The van der Waals surface area contributed by atoms with E-state index in [2.05, 4.69) is 46.6 Å². The number of nitriles is 1. The number of likely N-dealkylation sites (tertiary alicyclic amines) is 1. The van der Waals surface area contributed by atoms with Crippen LogP contribution < -0.4 is 5.32 Å². The molecule has 3 fully saturated rings. The standard InChI is InChI=1S/C20H27N3/c21-13-16-6-10-23(11-7-16)15-20(8-9-20)14-22-19-12-18(19)17-4-2-1-3-5-17/h1-5,16,18-19,22H,6-12,14-15H2. The number of nitrogens with zero attached hydrogens (tertiary/aromatic N) is 2. The Balaban J connectivity index is 1.22. The highest BCUT2D eigenvalue weighted by Crippen LogP contribution is 2.48. The van der Waals surface area contributed by atoms with Crippen LogP contribution >= 0.6 is 0 Å². The first-order valence-electron chi connectivity index (χ1n) is 9.18. The minimum absolute atomic E-state index is 0.303. The lowest BCUT2D eigenvalue weighted by molar-refractivity contribution is 0.167. The predicted molar refractivity (Wildman–Crippen MR) is 92.0 cm³/mol. The van der Waals surface area contributed by atoms with Crippen molar-refractivity contribution in [2.24, 2.45) is 11.3 Å². The Kier molecular flexibility index (Phi) is 4.13. The topological polar surface area (TPSA) is 39.1 Å². The van der Waals surface area contributed by atoms with Crippen LogP contribution in [0, 0.1) is 22.7 Å². The number of piperidine rings is 1. The van der Waals surface area contributed by atoms with E-state index in [9.17, 15) is 0 Å². The zero-order valence-electron chi connectivity index (χ0n) is 13.9. The van der Waals surface area contributed by atoms with E-state index in [1.165, 1.54) is 37.9 Å². The number of hydrogen-bond donors (Lipinski definition) is 1. The van der Waals surface area contributed by atoms with Crippen LogP contribution in [0.3, 0.4) is 0 Å². The molecule has 2 saturated carbocycles. The average molecular weight is 309 g/mol. The molecule has 0 aromatic heterocycles. The molecule has 1 aromatic rings. The lowest BCUT2D eigenvalue weighted by atomic mass is 9.96.